The zero-order chi connectivity index (χ0) is 48.0. The van der Waals surface area contributed by atoms with Crippen molar-refractivity contribution < 1.29 is 9.15 Å². The summed E-state index contributed by atoms with van der Waals surface area (Å²) in [5.74, 6) is 2.23. The molecule has 8 aromatic carbocycles. The van der Waals surface area contributed by atoms with E-state index in [4.69, 9.17) is 9.15 Å². The Morgan fingerprint density at radius 3 is 1.71 bits per heavy atom. The number of fused-ring (bicyclic) bond motifs is 16. The molecule has 0 amide bonds. The lowest BCUT2D eigenvalue weighted by atomic mass is 9.79. The van der Waals surface area contributed by atoms with Gasteiger partial charge in [-0.1, -0.05) is 173 Å². The van der Waals surface area contributed by atoms with Crippen LogP contribution in [0.25, 0.3) is 51.5 Å². The summed E-state index contributed by atoms with van der Waals surface area (Å²) in [5.41, 5.74) is 20.1. The van der Waals surface area contributed by atoms with Gasteiger partial charge in [-0.25, -0.2) is 0 Å². The SMILES string of the molecule is CC1(C)c2ccccc2-c2cc(N(c3ccccc3)c3ccc4c(c3)=CC3Oc5cc(N(c6ccccc6)c6ccc7c(c6)-c6ccccc6C7(C)C)c6oc7c(c6c5C3C=4)C=CC3C=CC=CC73)ccc21. The van der Waals surface area contributed by atoms with E-state index in [1.807, 2.05) is 0 Å². The van der Waals surface area contributed by atoms with Crippen LogP contribution in [-0.4, -0.2) is 6.10 Å². The second-order valence-electron chi connectivity index (χ2n) is 21.5. The Hall–Kier alpha value is -8.34. The van der Waals surface area contributed by atoms with Crippen LogP contribution >= 0.6 is 0 Å². The van der Waals surface area contributed by atoms with Crippen molar-refractivity contribution in [2.45, 2.75) is 56.5 Å². The van der Waals surface area contributed by atoms with Gasteiger partial charge in [0.2, 0.25) is 0 Å². The Kier molecular flexibility index (Phi) is 8.68. The van der Waals surface area contributed by atoms with Gasteiger partial charge in [0.1, 0.15) is 17.6 Å². The number of anilines is 6. The third-order valence-corrected chi connectivity index (χ3v) is 16.9. The first-order valence-electron chi connectivity index (χ1n) is 25.6. The van der Waals surface area contributed by atoms with Gasteiger partial charge < -0.3 is 19.0 Å². The van der Waals surface area contributed by atoms with Gasteiger partial charge in [0, 0.05) is 79.6 Å². The summed E-state index contributed by atoms with van der Waals surface area (Å²) >= 11 is 0. The molecule has 4 heteroatoms. The summed E-state index contributed by atoms with van der Waals surface area (Å²) in [7, 11) is 0. The van der Waals surface area contributed by atoms with Gasteiger partial charge in [-0.3, -0.25) is 0 Å². The number of benzene rings is 8. The maximum Gasteiger partial charge on any atom is 0.159 e. The molecule has 1 aliphatic heterocycles. The van der Waals surface area contributed by atoms with Crippen molar-refractivity contribution in [2.75, 3.05) is 9.80 Å². The molecule has 0 bridgehead atoms. The predicted octanol–water partition coefficient (Wildman–Crippen LogP) is 16.0. The van der Waals surface area contributed by atoms with Crippen molar-refractivity contribution in [1.29, 1.82) is 0 Å². The number of allylic oxidation sites excluding steroid dienone is 5. The topological polar surface area (TPSA) is 28.9 Å². The highest BCUT2D eigenvalue weighted by Crippen LogP contribution is 2.57. The molecule has 5 aliphatic carbocycles. The number of ether oxygens (including phenoxy) is 1. The van der Waals surface area contributed by atoms with Crippen LogP contribution in [0.2, 0.25) is 0 Å². The molecule has 1 aromatic heterocycles. The number of furan rings is 1. The Labute approximate surface area is 420 Å². The highest BCUT2D eigenvalue weighted by atomic mass is 16.5. The van der Waals surface area contributed by atoms with E-state index in [-0.39, 0.29) is 34.7 Å². The van der Waals surface area contributed by atoms with Crippen LogP contribution in [0.15, 0.2) is 205 Å². The molecule has 0 N–H and O–H groups in total. The molecule has 72 heavy (non-hydrogen) atoms. The lowest BCUT2D eigenvalue weighted by Gasteiger charge is -2.27. The largest absolute Gasteiger partial charge is 0.485 e. The predicted molar refractivity (Wildman–Crippen MR) is 296 cm³/mol. The van der Waals surface area contributed by atoms with Gasteiger partial charge in [0.25, 0.3) is 0 Å². The van der Waals surface area contributed by atoms with Crippen molar-refractivity contribution in [3.05, 3.63) is 250 Å². The number of para-hydroxylation sites is 2. The standard InChI is InChI=1S/C68H52N2O2/c1-67(2)56-25-15-13-23-50(56)53-38-47(30-33-58(53)67)69(44-18-7-5-8-19-44)46-29-27-42-36-55-61(37-43(42)35-46)71-62-40-60(66-64(63(55)62)52-32-28-41-17-11-12-22-49(41)65(52)72-66)70(45-20-9-6-10-21-45)48-31-34-59-54(39-48)51-24-14-16-26-57(51)68(59,3)4/h5-41,49,55,61H,1-4H3. The molecule has 2 heterocycles. The van der Waals surface area contributed by atoms with Crippen molar-refractivity contribution >= 4 is 63.3 Å². The molecule has 4 atom stereocenters. The fraction of sp³-hybridized carbons (Fsp3) is 0.147. The second-order valence-corrected chi connectivity index (χ2v) is 21.5. The first-order valence-corrected chi connectivity index (χ1v) is 25.6. The zero-order valence-electron chi connectivity index (χ0n) is 40.8. The minimum Gasteiger partial charge on any atom is -0.485 e. The minimum absolute atomic E-state index is 0.0150. The summed E-state index contributed by atoms with van der Waals surface area (Å²) in [5, 5.41) is 3.50. The Morgan fingerprint density at radius 2 is 1.03 bits per heavy atom. The monoisotopic (exact) mass is 928 g/mol. The second kappa shape index (κ2) is 15.1. The quantitative estimate of drug-likeness (QED) is 0.166. The van der Waals surface area contributed by atoms with Crippen LogP contribution < -0.4 is 25.0 Å². The summed E-state index contributed by atoms with van der Waals surface area (Å²) in [6.45, 7) is 9.38. The zero-order valence-corrected chi connectivity index (χ0v) is 40.8. The highest BCUT2D eigenvalue weighted by molar-refractivity contribution is 6.05. The fourth-order valence-electron chi connectivity index (χ4n) is 13.4. The first-order chi connectivity index (χ1) is 35.2. The normalized spacial score (nSPS) is 20.1. The third kappa shape index (κ3) is 5.87. The van der Waals surface area contributed by atoms with E-state index in [2.05, 4.69) is 256 Å². The lowest BCUT2D eigenvalue weighted by Crippen LogP contribution is -2.35. The molecule has 0 radical (unpaired) electrons. The first kappa shape index (κ1) is 41.4. The molecule has 15 rings (SSSR count). The maximum atomic E-state index is 7.39. The molecule has 346 valence electrons. The van der Waals surface area contributed by atoms with Crippen LogP contribution in [0.4, 0.5) is 34.1 Å². The molecule has 0 saturated carbocycles. The highest BCUT2D eigenvalue weighted by Gasteiger charge is 2.42. The average molecular weight is 929 g/mol. The molecule has 4 nitrogen and oxygen atoms in total. The molecule has 0 saturated heterocycles. The molecule has 0 spiro atoms. The van der Waals surface area contributed by atoms with Crippen LogP contribution in [0.3, 0.4) is 0 Å². The summed E-state index contributed by atoms with van der Waals surface area (Å²) < 4.78 is 14.7. The summed E-state index contributed by atoms with van der Waals surface area (Å²) in [6, 6.07) is 62.6. The van der Waals surface area contributed by atoms with Gasteiger partial charge in [-0.2, -0.15) is 0 Å². The summed E-state index contributed by atoms with van der Waals surface area (Å²) in [4.78, 5) is 4.79. The van der Waals surface area contributed by atoms with Gasteiger partial charge in [0.05, 0.1) is 5.69 Å². The van der Waals surface area contributed by atoms with E-state index >= 15 is 0 Å². The Bertz CT molecular complexity index is 4000. The minimum atomic E-state index is -0.211. The van der Waals surface area contributed by atoms with Gasteiger partial charge >= 0.3 is 0 Å². The van der Waals surface area contributed by atoms with E-state index in [9.17, 15) is 0 Å². The van der Waals surface area contributed by atoms with Crippen molar-refractivity contribution in [2.24, 2.45) is 5.92 Å². The van der Waals surface area contributed by atoms with Crippen molar-refractivity contribution in [3.63, 3.8) is 0 Å². The molecular weight excluding hydrogens is 877 g/mol. The molecule has 6 aliphatic rings. The van der Waals surface area contributed by atoms with Crippen LogP contribution in [0.5, 0.6) is 5.75 Å². The third-order valence-electron chi connectivity index (χ3n) is 16.9. The van der Waals surface area contributed by atoms with Gasteiger partial charge in [-0.05, 0) is 122 Å². The molecular formula is C68H52N2O2. The fourth-order valence-corrected chi connectivity index (χ4v) is 13.4. The maximum absolute atomic E-state index is 7.39. The van der Waals surface area contributed by atoms with E-state index in [1.165, 1.54) is 55.3 Å². The smallest absolute Gasteiger partial charge is 0.159 e. The summed E-state index contributed by atoms with van der Waals surface area (Å²) in [6.07, 6.45) is 18.2. The van der Waals surface area contributed by atoms with Gasteiger partial charge in [-0.15, -0.1) is 0 Å². The van der Waals surface area contributed by atoms with E-state index in [0.717, 1.165) is 67.4 Å². The lowest BCUT2D eigenvalue weighted by molar-refractivity contribution is 0.288. The van der Waals surface area contributed by atoms with Crippen molar-refractivity contribution in [1.82, 2.24) is 0 Å². The number of rotatable bonds is 6. The Morgan fingerprint density at radius 1 is 0.458 bits per heavy atom. The number of hydrogen-bond donors (Lipinski definition) is 0. The van der Waals surface area contributed by atoms with E-state index < -0.39 is 0 Å². The molecule has 9 aromatic rings. The van der Waals surface area contributed by atoms with Crippen LogP contribution in [0, 0.1) is 5.92 Å². The van der Waals surface area contributed by atoms with E-state index in [1.54, 1.807) is 0 Å². The van der Waals surface area contributed by atoms with E-state index in [0.29, 0.717) is 0 Å². The molecule has 0 fully saturated rings. The van der Waals surface area contributed by atoms with Gasteiger partial charge in [0.15, 0.2) is 5.58 Å². The van der Waals surface area contributed by atoms with Crippen molar-refractivity contribution in [3.8, 4) is 28.0 Å². The number of nitrogens with zero attached hydrogens (tertiary/aromatic N) is 2. The Balaban J connectivity index is 0.895. The van der Waals surface area contributed by atoms with Crippen LogP contribution in [-0.2, 0) is 10.8 Å². The molecule has 4 unspecified atom stereocenters. The van der Waals surface area contributed by atoms with Crippen LogP contribution in [0.1, 0.15) is 78.7 Å². The number of hydrogen-bond acceptors (Lipinski definition) is 4. The average Bonchev–Trinajstić information content (AvgIpc) is 4.11.